The predicted molar refractivity (Wildman–Crippen MR) is 112 cm³/mol. The second-order valence-electron chi connectivity index (χ2n) is 6.34. The first-order valence-corrected chi connectivity index (χ1v) is 10.6. The van der Waals surface area contributed by atoms with Gasteiger partial charge in [-0.25, -0.2) is 9.97 Å². The fraction of sp³-hybridized carbons (Fsp3) is 0.211. The van der Waals surface area contributed by atoms with Crippen LogP contribution in [-0.4, -0.2) is 47.0 Å². The van der Waals surface area contributed by atoms with Gasteiger partial charge in [0.1, 0.15) is 15.2 Å². The second kappa shape index (κ2) is 6.74. The van der Waals surface area contributed by atoms with Crippen molar-refractivity contribution in [1.29, 1.82) is 0 Å². The molecular formula is C19H15ClN4OS2. The molecule has 0 radical (unpaired) electrons. The molecular weight excluding hydrogens is 400 g/mol. The van der Waals surface area contributed by atoms with E-state index < -0.39 is 0 Å². The number of rotatable bonds is 2. The number of pyridine rings is 1. The van der Waals surface area contributed by atoms with Gasteiger partial charge >= 0.3 is 0 Å². The van der Waals surface area contributed by atoms with Crippen LogP contribution in [0.25, 0.3) is 20.4 Å². The normalized spacial score (nSPS) is 15.0. The summed E-state index contributed by atoms with van der Waals surface area (Å²) in [4.78, 5) is 27.7. The van der Waals surface area contributed by atoms with Crippen LogP contribution in [-0.2, 0) is 0 Å². The Morgan fingerprint density at radius 3 is 2.63 bits per heavy atom. The molecule has 1 aromatic carbocycles. The summed E-state index contributed by atoms with van der Waals surface area (Å²) >= 11 is 9.55. The minimum atomic E-state index is 0.0202. The van der Waals surface area contributed by atoms with Crippen LogP contribution in [0, 0.1) is 0 Å². The fourth-order valence-corrected chi connectivity index (χ4v) is 5.73. The van der Waals surface area contributed by atoms with Crippen molar-refractivity contribution >= 4 is 65.7 Å². The van der Waals surface area contributed by atoms with Crippen LogP contribution in [0.2, 0.25) is 5.02 Å². The lowest BCUT2D eigenvalue weighted by Crippen LogP contribution is -2.48. The Kier molecular flexibility index (Phi) is 4.22. The lowest BCUT2D eigenvalue weighted by atomic mass is 10.2. The molecule has 0 unspecified atom stereocenters. The summed E-state index contributed by atoms with van der Waals surface area (Å²) in [5, 5.41) is 2.49. The molecule has 27 heavy (non-hydrogen) atoms. The van der Waals surface area contributed by atoms with Crippen molar-refractivity contribution in [3.8, 4) is 0 Å². The van der Waals surface area contributed by atoms with E-state index in [1.54, 1.807) is 17.5 Å². The average Bonchev–Trinajstić information content (AvgIpc) is 3.29. The molecule has 0 spiro atoms. The summed E-state index contributed by atoms with van der Waals surface area (Å²) in [6, 6.07) is 11.8. The van der Waals surface area contributed by atoms with Gasteiger partial charge in [0.25, 0.3) is 5.91 Å². The zero-order valence-electron chi connectivity index (χ0n) is 14.3. The molecule has 8 heteroatoms. The molecule has 136 valence electrons. The molecule has 1 saturated heterocycles. The molecule has 1 amide bonds. The van der Waals surface area contributed by atoms with Crippen molar-refractivity contribution in [2.45, 2.75) is 0 Å². The number of hydrogen-bond donors (Lipinski definition) is 0. The fourth-order valence-electron chi connectivity index (χ4n) is 3.29. The number of carbonyl (C=O) groups is 1. The van der Waals surface area contributed by atoms with Crippen molar-refractivity contribution in [3.63, 3.8) is 0 Å². The van der Waals surface area contributed by atoms with E-state index in [1.165, 1.54) is 11.3 Å². The van der Waals surface area contributed by atoms with Crippen LogP contribution in [0.1, 0.15) is 9.67 Å². The molecule has 4 heterocycles. The summed E-state index contributed by atoms with van der Waals surface area (Å²) in [6.07, 6.45) is 1.79. The van der Waals surface area contributed by atoms with Gasteiger partial charge in [-0.3, -0.25) is 4.79 Å². The molecule has 0 bridgehead atoms. The molecule has 1 aliphatic heterocycles. The quantitative estimate of drug-likeness (QED) is 0.483. The maximum atomic E-state index is 13.0. The van der Waals surface area contributed by atoms with Crippen molar-refractivity contribution in [3.05, 3.63) is 52.5 Å². The first-order valence-electron chi connectivity index (χ1n) is 8.63. The third-order valence-corrected chi connectivity index (χ3v) is 7.43. The van der Waals surface area contributed by atoms with Crippen LogP contribution >= 0.6 is 34.3 Å². The molecule has 1 aliphatic rings. The third-order valence-electron chi connectivity index (χ3n) is 4.72. The van der Waals surface area contributed by atoms with E-state index in [2.05, 4.69) is 14.9 Å². The van der Waals surface area contributed by atoms with E-state index in [0.717, 1.165) is 38.7 Å². The monoisotopic (exact) mass is 414 g/mol. The first-order chi connectivity index (χ1) is 13.2. The van der Waals surface area contributed by atoms with E-state index in [4.69, 9.17) is 11.6 Å². The van der Waals surface area contributed by atoms with Crippen LogP contribution < -0.4 is 4.90 Å². The molecule has 3 aromatic heterocycles. The minimum absolute atomic E-state index is 0.0202. The number of thiophene rings is 1. The van der Waals surface area contributed by atoms with E-state index in [0.29, 0.717) is 23.0 Å². The molecule has 5 nitrogen and oxygen atoms in total. The largest absolute Gasteiger partial charge is 0.344 e. The van der Waals surface area contributed by atoms with Crippen molar-refractivity contribution < 1.29 is 4.79 Å². The van der Waals surface area contributed by atoms with Crippen molar-refractivity contribution in [2.75, 3.05) is 31.1 Å². The Labute approximate surface area is 168 Å². The number of fused-ring (bicyclic) bond motifs is 2. The minimum Gasteiger partial charge on any atom is -0.344 e. The van der Waals surface area contributed by atoms with Crippen molar-refractivity contribution in [2.24, 2.45) is 0 Å². The number of carbonyl (C=O) groups excluding carboxylic acids is 1. The Morgan fingerprint density at radius 2 is 1.85 bits per heavy atom. The number of aromatic nitrogens is 2. The average molecular weight is 415 g/mol. The molecule has 5 rings (SSSR count). The smallest absolute Gasteiger partial charge is 0.265 e. The number of hydrogen-bond acceptors (Lipinski definition) is 6. The summed E-state index contributed by atoms with van der Waals surface area (Å²) in [6.45, 7) is 2.83. The predicted octanol–water partition coefficient (Wildman–Crippen LogP) is 4.52. The highest BCUT2D eigenvalue weighted by Gasteiger charge is 2.27. The second-order valence-corrected chi connectivity index (χ2v) is 8.73. The Hall–Kier alpha value is -2.22. The van der Waals surface area contributed by atoms with Gasteiger partial charge < -0.3 is 9.80 Å². The maximum absolute atomic E-state index is 13.0. The molecule has 4 aromatic rings. The van der Waals surface area contributed by atoms with E-state index >= 15 is 0 Å². The highest BCUT2D eigenvalue weighted by molar-refractivity contribution is 7.22. The molecule has 0 saturated carbocycles. The third kappa shape index (κ3) is 2.96. The zero-order chi connectivity index (χ0) is 18.4. The molecule has 0 N–H and O–H groups in total. The number of amides is 1. The molecule has 1 fully saturated rings. The Morgan fingerprint density at radius 1 is 1.04 bits per heavy atom. The number of piperazine rings is 1. The van der Waals surface area contributed by atoms with Gasteiger partial charge in [-0.05, 0) is 18.2 Å². The van der Waals surface area contributed by atoms with E-state index in [1.807, 2.05) is 41.3 Å². The number of nitrogens with zero attached hydrogens (tertiary/aromatic N) is 4. The highest BCUT2D eigenvalue weighted by Crippen LogP contribution is 2.36. The Balaban J connectivity index is 1.33. The van der Waals surface area contributed by atoms with Crippen LogP contribution in [0.15, 0.2) is 42.6 Å². The van der Waals surface area contributed by atoms with E-state index in [9.17, 15) is 4.79 Å². The number of thiazole rings is 1. The van der Waals surface area contributed by atoms with Gasteiger partial charge in [-0.15, -0.1) is 11.3 Å². The first kappa shape index (κ1) is 16.9. The van der Waals surface area contributed by atoms with Crippen LogP contribution in [0.4, 0.5) is 5.13 Å². The number of halogens is 1. The highest BCUT2D eigenvalue weighted by atomic mass is 35.5. The number of anilines is 1. The summed E-state index contributed by atoms with van der Waals surface area (Å²) in [7, 11) is 0. The van der Waals surface area contributed by atoms with Crippen molar-refractivity contribution in [1.82, 2.24) is 14.9 Å². The topological polar surface area (TPSA) is 49.3 Å². The van der Waals surface area contributed by atoms with Gasteiger partial charge in [-0.2, -0.15) is 0 Å². The molecule has 0 atom stereocenters. The van der Waals surface area contributed by atoms with Gasteiger partial charge in [0, 0.05) is 42.5 Å². The lowest BCUT2D eigenvalue weighted by Gasteiger charge is -2.34. The number of benzene rings is 1. The van der Waals surface area contributed by atoms with Gasteiger partial charge in [0.15, 0.2) is 5.13 Å². The van der Waals surface area contributed by atoms with Gasteiger partial charge in [0.2, 0.25) is 0 Å². The summed E-state index contributed by atoms with van der Waals surface area (Å²) in [5.41, 5.74) is 0.924. The van der Waals surface area contributed by atoms with Crippen LogP contribution in [0.5, 0.6) is 0 Å². The molecule has 0 aliphatic carbocycles. The van der Waals surface area contributed by atoms with Crippen LogP contribution in [0.3, 0.4) is 0 Å². The summed E-state index contributed by atoms with van der Waals surface area (Å²) in [5.74, 6) is 0.0202. The summed E-state index contributed by atoms with van der Waals surface area (Å²) < 4.78 is 1.05. The Bertz CT molecular complexity index is 1110. The van der Waals surface area contributed by atoms with E-state index in [-0.39, 0.29) is 5.91 Å². The van der Waals surface area contributed by atoms with Gasteiger partial charge in [-0.1, -0.05) is 41.1 Å². The standard InChI is InChI=1S/C19H15ClN4OS2/c20-15-12-4-1-2-6-14(12)26-16(15)18(25)23-8-10-24(11-9-23)19-22-13-5-3-7-21-17(13)27-19/h1-7H,8-11H2. The SMILES string of the molecule is O=C(c1sc2ccccc2c1Cl)N1CCN(c2nc3cccnc3s2)CC1. The maximum Gasteiger partial charge on any atom is 0.265 e. The van der Waals surface area contributed by atoms with Gasteiger partial charge in [0.05, 0.1) is 5.02 Å². The zero-order valence-corrected chi connectivity index (χ0v) is 16.7. The lowest BCUT2D eigenvalue weighted by molar-refractivity contribution is 0.0752.